The van der Waals surface area contributed by atoms with Gasteiger partial charge in [-0.1, -0.05) is 12.1 Å². The molecule has 19 heavy (non-hydrogen) atoms. The third-order valence-electron chi connectivity index (χ3n) is 3.14. The van der Waals surface area contributed by atoms with Gasteiger partial charge in [0.05, 0.1) is 17.2 Å². The monoisotopic (exact) mass is 259 g/mol. The first-order valence-corrected chi connectivity index (χ1v) is 6.06. The van der Waals surface area contributed by atoms with Crippen molar-refractivity contribution in [2.24, 2.45) is 0 Å². The first-order chi connectivity index (χ1) is 9.20. The van der Waals surface area contributed by atoms with E-state index in [1.807, 2.05) is 0 Å². The van der Waals surface area contributed by atoms with Crippen molar-refractivity contribution in [3.8, 4) is 0 Å². The second-order valence-electron chi connectivity index (χ2n) is 4.33. The van der Waals surface area contributed by atoms with Crippen LogP contribution in [0.2, 0.25) is 0 Å². The molecule has 98 valence electrons. The van der Waals surface area contributed by atoms with Crippen LogP contribution in [0.1, 0.15) is 40.0 Å². The molecule has 0 aromatic heterocycles. The van der Waals surface area contributed by atoms with Gasteiger partial charge in [-0.05, 0) is 25.0 Å². The van der Waals surface area contributed by atoms with Crippen LogP contribution in [-0.2, 0) is 9.59 Å². The summed E-state index contributed by atoms with van der Waals surface area (Å²) in [5, 5.41) is 0. The second kappa shape index (κ2) is 5.56. The quantitative estimate of drug-likeness (QED) is 0.437. The van der Waals surface area contributed by atoms with E-state index >= 15 is 0 Å². The van der Waals surface area contributed by atoms with Crippen LogP contribution in [0, 0.1) is 0 Å². The minimum absolute atomic E-state index is 0.313. The van der Waals surface area contributed by atoms with Crippen molar-refractivity contribution >= 4 is 24.4 Å². The lowest BCUT2D eigenvalue weighted by Crippen LogP contribution is -2.40. The third kappa shape index (κ3) is 2.31. The number of aldehydes is 2. The summed E-state index contributed by atoms with van der Waals surface area (Å²) in [5.74, 6) is -0.882. The molecule has 0 bridgehead atoms. The summed E-state index contributed by atoms with van der Waals surface area (Å²) >= 11 is 0. The number of unbranched alkanes of at least 4 members (excludes halogenated alkanes) is 1. The molecule has 0 saturated heterocycles. The Morgan fingerprint density at radius 2 is 1.63 bits per heavy atom. The van der Waals surface area contributed by atoms with E-state index in [2.05, 4.69) is 0 Å². The Bertz CT molecular complexity index is 503. The maximum absolute atomic E-state index is 12.1. The highest BCUT2D eigenvalue weighted by molar-refractivity contribution is 6.22. The number of carbonyl (C=O) groups is 4. The second-order valence-corrected chi connectivity index (χ2v) is 4.33. The molecule has 1 aromatic rings. The standard InChI is InChI=1S/C14H13NO4/c16-8-4-3-5-10(9-17)15-13(18)11-6-1-2-7-12(11)14(15)19/h1-2,6-10H,3-5H2. The number of hydrogen-bond donors (Lipinski definition) is 0. The van der Waals surface area contributed by atoms with E-state index in [0.717, 1.165) is 11.2 Å². The van der Waals surface area contributed by atoms with Crippen molar-refractivity contribution in [1.82, 2.24) is 4.90 Å². The molecule has 1 heterocycles. The summed E-state index contributed by atoms with van der Waals surface area (Å²) in [6.07, 6.45) is 2.44. The Hall–Kier alpha value is -2.30. The molecular weight excluding hydrogens is 246 g/mol. The number of carbonyl (C=O) groups excluding carboxylic acids is 4. The molecule has 1 unspecified atom stereocenters. The summed E-state index contributed by atoms with van der Waals surface area (Å²) in [6.45, 7) is 0. The lowest BCUT2D eigenvalue weighted by Gasteiger charge is -2.20. The van der Waals surface area contributed by atoms with Crippen LogP contribution in [-0.4, -0.2) is 35.3 Å². The molecule has 5 nitrogen and oxygen atoms in total. The number of amides is 2. The Morgan fingerprint density at radius 3 is 2.11 bits per heavy atom. The maximum atomic E-state index is 12.1. The van der Waals surface area contributed by atoms with Crippen LogP contribution in [0.25, 0.3) is 0 Å². The fourth-order valence-corrected chi connectivity index (χ4v) is 2.18. The molecule has 0 aliphatic carbocycles. The summed E-state index contributed by atoms with van der Waals surface area (Å²) in [5.41, 5.74) is 0.657. The van der Waals surface area contributed by atoms with Gasteiger partial charge < -0.3 is 9.59 Å². The topological polar surface area (TPSA) is 71.5 Å². The van der Waals surface area contributed by atoms with E-state index in [9.17, 15) is 19.2 Å². The average Bonchev–Trinajstić information content (AvgIpc) is 2.69. The fourth-order valence-electron chi connectivity index (χ4n) is 2.18. The molecule has 1 aliphatic rings. The molecule has 1 aliphatic heterocycles. The molecule has 1 aromatic carbocycles. The average molecular weight is 259 g/mol. The van der Waals surface area contributed by atoms with Gasteiger partial charge in [-0.15, -0.1) is 0 Å². The highest BCUT2D eigenvalue weighted by Gasteiger charge is 2.39. The van der Waals surface area contributed by atoms with Crippen LogP contribution in [0.3, 0.4) is 0 Å². The zero-order valence-corrected chi connectivity index (χ0v) is 10.2. The van der Waals surface area contributed by atoms with Crippen molar-refractivity contribution in [2.75, 3.05) is 0 Å². The Morgan fingerprint density at radius 1 is 1.05 bits per heavy atom. The molecule has 2 amide bonds. The van der Waals surface area contributed by atoms with Gasteiger partial charge in [0.1, 0.15) is 12.6 Å². The van der Waals surface area contributed by atoms with Gasteiger partial charge >= 0.3 is 0 Å². The van der Waals surface area contributed by atoms with Crippen LogP contribution >= 0.6 is 0 Å². The van der Waals surface area contributed by atoms with Gasteiger partial charge in [0, 0.05) is 6.42 Å². The Labute approximate surface area is 110 Å². The lowest BCUT2D eigenvalue weighted by atomic mass is 10.1. The Balaban J connectivity index is 2.22. The van der Waals surface area contributed by atoms with Gasteiger partial charge in [0.25, 0.3) is 11.8 Å². The van der Waals surface area contributed by atoms with E-state index in [4.69, 9.17) is 0 Å². The minimum Gasteiger partial charge on any atom is -0.303 e. The van der Waals surface area contributed by atoms with E-state index < -0.39 is 17.9 Å². The van der Waals surface area contributed by atoms with E-state index in [1.165, 1.54) is 0 Å². The predicted molar refractivity (Wildman–Crippen MR) is 66.7 cm³/mol. The van der Waals surface area contributed by atoms with Crippen LogP contribution in [0.15, 0.2) is 24.3 Å². The summed E-state index contributed by atoms with van der Waals surface area (Å²) in [7, 11) is 0. The molecule has 0 saturated carbocycles. The molecule has 5 heteroatoms. The van der Waals surface area contributed by atoms with Gasteiger partial charge in [0.15, 0.2) is 0 Å². The molecule has 0 N–H and O–H groups in total. The van der Waals surface area contributed by atoms with E-state index in [1.54, 1.807) is 24.3 Å². The first-order valence-electron chi connectivity index (χ1n) is 6.06. The molecular formula is C14H13NO4. The van der Waals surface area contributed by atoms with Crippen molar-refractivity contribution in [2.45, 2.75) is 25.3 Å². The highest BCUT2D eigenvalue weighted by Crippen LogP contribution is 2.25. The van der Waals surface area contributed by atoms with Crippen molar-refractivity contribution in [3.05, 3.63) is 35.4 Å². The molecule has 2 rings (SSSR count). The summed E-state index contributed by atoms with van der Waals surface area (Å²) in [4.78, 5) is 46.6. The van der Waals surface area contributed by atoms with Gasteiger partial charge in [-0.25, -0.2) is 0 Å². The molecule has 1 atom stereocenters. The molecule has 0 spiro atoms. The zero-order chi connectivity index (χ0) is 13.8. The third-order valence-corrected chi connectivity index (χ3v) is 3.14. The molecule has 0 radical (unpaired) electrons. The Kier molecular flexibility index (Phi) is 3.85. The lowest BCUT2D eigenvalue weighted by molar-refractivity contribution is -0.112. The maximum Gasteiger partial charge on any atom is 0.262 e. The van der Waals surface area contributed by atoms with Crippen LogP contribution in [0.4, 0.5) is 0 Å². The van der Waals surface area contributed by atoms with E-state index in [-0.39, 0.29) is 0 Å². The number of hydrogen-bond acceptors (Lipinski definition) is 4. The predicted octanol–water partition coefficient (Wildman–Crippen LogP) is 1.22. The number of rotatable bonds is 6. The van der Waals surface area contributed by atoms with Crippen molar-refractivity contribution in [1.29, 1.82) is 0 Å². The van der Waals surface area contributed by atoms with Crippen LogP contribution < -0.4 is 0 Å². The van der Waals surface area contributed by atoms with Gasteiger partial charge in [0.2, 0.25) is 0 Å². The SMILES string of the molecule is O=CCCCC(C=O)N1C(=O)c2ccccc2C1=O. The normalized spacial score (nSPS) is 15.3. The minimum atomic E-state index is -0.799. The summed E-state index contributed by atoms with van der Waals surface area (Å²) < 4.78 is 0. The number of benzene rings is 1. The van der Waals surface area contributed by atoms with Crippen molar-refractivity contribution < 1.29 is 19.2 Å². The zero-order valence-electron chi connectivity index (χ0n) is 10.2. The first kappa shape index (κ1) is 13.1. The summed E-state index contributed by atoms with van der Waals surface area (Å²) in [6, 6.07) is 5.70. The molecule has 0 fully saturated rings. The van der Waals surface area contributed by atoms with Crippen molar-refractivity contribution in [3.63, 3.8) is 0 Å². The number of imide groups is 1. The van der Waals surface area contributed by atoms with Crippen LogP contribution in [0.5, 0.6) is 0 Å². The van der Waals surface area contributed by atoms with Gasteiger partial charge in [-0.2, -0.15) is 0 Å². The number of fused-ring (bicyclic) bond motifs is 1. The largest absolute Gasteiger partial charge is 0.303 e. The van der Waals surface area contributed by atoms with E-state index in [0.29, 0.717) is 36.7 Å². The smallest absolute Gasteiger partial charge is 0.262 e. The van der Waals surface area contributed by atoms with Gasteiger partial charge in [-0.3, -0.25) is 14.5 Å². The highest BCUT2D eigenvalue weighted by atomic mass is 16.2. The fraction of sp³-hybridized carbons (Fsp3) is 0.286. The number of nitrogens with zero attached hydrogens (tertiary/aromatic N) is 1.